The average molecular weight is 319 g/mol. The van der Waals surface area contributed by atoms with Crippen LogP contribution in [0.5, 0.6) is 0 Å². The topological polar surface area (TPSA) is 136 Å². The van der Waals surface area contributed by atoms with E-state index in [1.807, 2.05) is 0 Å². The molecule has 0 saturated heterocycles. The van der Waals surface area contributed by atoms with E-state index in [1.54, 1.807) is 12.1 Å². The lowest BCUT2D eigenvalue weighted by Crippen LogP contribution is -2.46. The van der Waals surface area contributed by atoms with Crippen molar-refractivity contribution in [3.8, 4) is 0 Å². The summed E-state index contributed by atoms with van der Waals surface area (Å²) < 4.78 is 0. The van der Waals surface area contributed by atoms with Gasteiger partial charge >= 0.3 is 5.97 Å². The highest BCUT2D eigenvalue weighted by atomic mass is 16.7. The zero-order valence-corrected chi connectivity index (χ0v) is 12.1. The third kappa shape index (κ3) is 3.34. The van der Waals surface area contributed by atoms with Crippen molar-refractivity contribution in [3.63, 3.8) is 0 Å². The van der Waals surface area contributed by atoms with E-state index in [0.717, 1.165) is 6.92 Å². The molecule has 1 heterocycles. The van der Waals surface area contributed by atoms with Crippen LogP contribution in [-0.2, 0) is 19.2 Å². The van der Waals surface area contributed by atoms with E-state index in [9.17, 15) is 24.0 Å². The number of fused-ring (bicyclic) bond motifs is 1. The van der Waals surface area contributed by atoms with Crippen LogP contribution in [0.2, 0.25) is 0 Å². The van der Waals surface area contributed by atoms with E-state index in [4.69, 9.17) is 10.6 Å². The number of rotatable bonds is 5. The molecule has 9 nitrogen and oxygen atoms in total. The van der Waals surface area contributed by atoms with Crippen molar-refractivity contribution in [3.05, 3.63) is 35.4 Å². The fourth-order valence-corrected chi connectivity index (χ4v) is 2.02. The first-order chi connectivity index (χ1) is 10.8. The van der Waals surface area contributed by atoms with Gasteiger partial charge in [-0.15, -0.1) is 0 Å². The molecule has 23 heavy (non-hydrogen) atoms. The number of carbonyl (C=O) groups excluding carboxylic acids is 5. The number of benzene rings is 1. The zero-order chi connectivity index (χ0) is 17.1. The number of amides is 4. The standard InChI is InChI=1S/C14H13N3O6/c1-7(18)16-10(12(15)20)6-11(19)23-17-13(21)8-4-2-3-5-9(8)14(17)22/h2-5,10H,6H2,1H3,(H2,15,20)(H,16,18)/t10-/m0/s1. The molecule has 1 aromatic rings. The maximum atomic E-state index is 12.0. The Labute approximate surface area is 130 Å². The van der Waals surface area contributed by atoms with Crippen molar-refractivity contribution >= 4 is 29.6 Å². The molecule has 0 spiro atoms. The number of primary amides is 1. The Balaban J connectivity index is 2.07. The molecule has 0 bridgehead atoms. The Kier molecular flexibility index (Phi) is 4.39. The highest BCUT2D eigenvalue weighted by molar-refractivity contribution is 6.20. The molecule has 1 aliphatic rings. The number of nitrogens with two attached hydrogens (primary N) is 1. The van der Waals surface area contributed by atoms with Gasteiger partial charge in [0.15, 0.2) is 0 Å². The first kappa shape index (κ1) is 16.1. The van der Waals surface area contributed by atoms with Gasteiger partial charge in [-0.25, -0.2) is 4.79 Å². The molecule has 0 fully saturated rings. The summed E-state index contributed by atoms with van der Waals surface area (Å²) in [5.41, 5.74) is 5.28. The molecule has 0 aromatic heterocycles. The van der Waals surface area contributed by atoms with E-state index < -0.39 is 42.1 Å². The Morgan fingerprint density at radius 1 is 1.17 bits per heavy atom. The van der Waals surface area contributed by atoms with Crippen molar-refractivity contribution < 1.29 is 28.8 Å². The number of nitrogens with zero attached hydrogens (tertiary/aromatic N) is 1. The Bertz CT molecular complexity index is 679. The third-order valence-corrected chi connectivity index (χ3v) is 3.04. The van der Waals surface area contributed by atoms with Crippen molar-refractivity contribution in [1.82, 2.24) is 10.4 Å². The molecule has 0 aliphatic carbocycles. The van der Waals surface area contributed by atoms with E-state index in [2.05, 4.69) is 5.32 Å². The van der Waals surface area contributed by atoms with Gasteiger partial charge in [-0.1, -0.05) is 17.2 Å². The summed E-state index contributed by atoms with van der Waals surface area (Å²) in [7, 11) is 0. The van der Waals surface area contributed by atoms with Crippen molar-refractivity contribution in [2.75, 3.05) is 0 Å². The van der Waals surface area contributed by atoms with Crippen LogP contribution in [0.15, 0.2) is 24.3 Å². The summed E-state index contributed by atoms with van der Waals surface area (Å²) in [5, 5.41) is 2.49. The van der Waals surface area contributed by atoms with Crippen LogP contribution in [0.1, 0.15) is 34.1 Å². The Morgan fingerprint density at radius 3 is 2.13 bits per heavy atom. The molecule has 0 radical (unpaired) electrons. The van der Waals surface area contributed by atoms with E-state index in [0.29, 0.717) is 5.06 Å². The van der Waals surface area contributed by atoms with Gasteiger partial charge in [0.05, 0.1) is 17.5 Å². The van der Waals surface area contributed by atoms with E-state index in [1.165, 1.54) is 12.1 Å². The lowest BCUT2D eigenvalue weighted by molar-refractivity contribution is -0.169. The predicted octanol–water partition coefficient (Wildman–Crippen LogP) is -0.879. The van der Waals surface area contributed by atoms with Gasteiger partial charge in [-0.05, 0) is 12.1 Å². The molecule has 0 saturated carbocycles. The van der Waals surface area contributed by atoms with Gasteiger partial charge in [0.2, 0.25) is 11.8 Å². The minimum absolute atomic E-state index is 0.110. The van der Waals surface area contributed by atoms with Crippen LogP contribution < -0.4 is 11.1 Å². The third-order valence-electron chi connectivity index (χ3n) is 3.04. The smallest absolute Gasteiger partial charge is 0.335 e. The van der Waals surface area contributed by atoms with Crippen LogP contribution in [0.4, 0.5) is 0 Å². The second kappa shape index (κ2) is 6.26. The second-order valence-electron chi connectivity index (χ2n) is 4.77. The van der Waals surface area contributed by atoms with E-state index in [-0.39, 0.29) is 11.1 Å². The fraction of sp³-hybridized carbons (Fsp3) is 0.214. The SMILES string of the molecule is CC(=O)N[C@@H](CC(=O)ON1C(=O)c2ccccc2C1=O)C(N)=O. The Hall–Kier alpha value is -3.23. The molecule has 4 amide bonds. The second-order valence-corrected chi connectivity index (χ2v) is 4.77. The monoisotopic (exact) mass is 319 g/mol. The maximum Gasteiger partial charge on any atom is 0.335 e. The van der Waals surface area contributed by atoms with Crippen LogP contribution in [0.3, 0.4) is 0 Å². The summed E-state index contributed by atoms with van der Waals surface area (Å²) in [6.07, 6.45) is -0.609. The van der Waals surface area contributed by atoms with Gasteiger partial charge in [0.25, 0.3) is 11.8 Å². The largest absolute Gasteiger partial charge is 0.368 e. The van der Waals surface area contributed by atoms with Gasteiger partial charge in [-0.3, -0.25) is 19.2 Å². The number of imide groups is 1. The maximum absolute atomic E-state index is 12.0. The average Bonchev–Trinajstić information content (AvgIpc) is 2.72. The lowest BCUT2D eigenvalue weighted by atomic mass is 10.1. The van der Waals surface area contributed by atoms with Gasteiger partial charge in [0, 0.05) is 6.92 Å². The summed E-state index contributed by atoms with van der Waals surface area (Å²) in [6, 6.07) is 4.68. The summed E-state index contributed by atoms with van der Waals surface area (Å²) in [6.45, 7) is 1.14. The van der Waals surface area contributed by atoms with Crippen molar-refractivity contribution in [2.45, 2.75) is 19.4 Å². The number of nitrogens with one attached hydrogen (secondary N) is 1. The van der Waals surface area contributed by atoms with E-state index >= 15 is 0 Å². The number of hydroxylamine groups is 2. The van der Waals surface area contributed by atoms with Gasteiger partial charge < -0.3 is 15.9 Å². The molecular formula is C14H13N3O6. The van der Waals surface area contributed by atoms with Crippen LogP contribution >= 0.6 is 0 Å². The van der Waals surface area contributed by atoms with Crippen molar-refractivity contribution in [2.24, 2.45) is 5.73 Å². The molecule has 2 rings (SSSR count). The normalized spacial score (nSPS) is 14.2. The summed E-state index contributed by atoms with van der Waals surface area (Å²) in [4.78, 5) is 62.7. The number of hydrogen-bond donors (Lipinski definition) is 2. The minimum Gasteiger partial charge on any atom is -0.368 e. The minimum atomic E-state index is -1.30. The first-order valence-electron chi connectivity index (χ1n) is 6.56. The molecular weight excluding hydrogens is 306 g/mol. The fourth-order valence-electron chi connectivity index (χ4n) is 2.02. The quantitative estimate of drug-likeness (QED) is 0.676. The number of carbonyl (C=O) groups is 5. The number of hydrogen-bond acceptors (Lipinski definition) is 6. The van der Waals surface area contributed by atoms with Crippen LogP contribution in [0, 0.1) is 0 Å². The van der Waals surface area contributed by atoms with Crippen molar-refractivity contribution in [1.29, 1.82) is 0 Å². The molecule has 120 valence electrons. The summed E-state index contributed by atoms with van der Waals surface area (Å²) >= 11 is 0. The van der Waals surface area contributed by atoms with Crippen LogP contribution in [0.25, 0.3) is 0 Å². The lowest BCUT2D eigenvalue weighted by Gasteiger charge is -2.16. The first-order valence-corrected chi connectivity index (χ1v) is 6.56. The molecule has 1 aliphatic heterocycles. The molecule has 9 heteroatoms. The summed E-state index contributed by atoms with van der Waals surface area (Å²) in [5.74, 6) is -4.14. The highest BCUT2D eigenvalue weighted by Gasteiger charge is 2.39. The molecule has 1 atom stereocenters. The van der Waals surface area contributed by atoms with Gasteiger partial charge in [0.1, 0.15) is 6.04 Å². The highest BCUT2D eigenvalue weighted by Crippen LogP contribution is 2.22. The molecule has 3 N–H and O–H groups in total. The zero-order valence-electron chi connectivity index (χ0n) is 12.1. The van der Waals surface area contributed by atoms with Crippen LogP contribution in [-0.4, -0.2) is 40.7 Å². The molecule has 1 aromatic carbocycles. The predicted molar refractivity (Wildman–Crippen MR) is 74.5 cm³/mol. The van der Waals surface area contributed by atoms with Gasteiger partial charge in [-0.2, -0.15) is 0 Å². The Morgan fingerprint density at radius 2 is 1.70 bits per heavy atom. The molecule has 0 unspecified atom stereocenters.